The van der Waals surface area contributed by atoms with Crippen molar-refractivity contribution in [3.05, 3.63) is 11.6 Å². The van der Waals surface area contributed by atoms with E-state index in [1.807, 2.05) is 13.0 Å². The van der Waals surface area contributed by atoms with Gasteiger partial charge in [0.1, 0.15) is 0 Å². The molecule has 0 rings (SSSR count). The zero-order valence-corrected chi connectivity index (χ0v) is 9.64. The van der Waals surface area contributed by atoms with Gasteiger partial charge in [-0.15, -0.1) is 0 Å². The lowest BCUT2D eigenvalue weighted by Crippen LogP contribution is -2.07. The van der Waals surface area contributed by atoms with Crippen LogP contribution >= 0.6 is 0 Å². The third kappa shape index (κ3) is 5.83. The first kappa shape index (κ1) is 13.3. The highest BCUT2D eigenvalue weighted by Gasteiger charge is 2.04. The first-order valence-electron chi connectivity index (χ1n) is 5.61. The van der Waals surface area contributed by atoms with Crippen molar-refractivity contribution in [1.82, 2.24) is 0 Å². The molecule has 1 atom stereocenters. The van der Waals surface area contributed by atoms with Gasteiger partial charge < -0.3 is 5.11 Å². The van der Waals surface area contributed by atoms with E-state index < -0.39 is 0 Å². The van der Waals surface area contributed by atoms with Crippen LogP contribution in [0.4, 0.5) is 0 Å². The second-order valence-corrected chi connectivity index (χ2v) is 3.42. The van der Waals surface area contributed by atoms with E-state index in [2.05, 4.69) is 25.7 Å². The van der Waals surface area contributed by atoms with E-state index in [0.29, 0.717) is 0 Å². The molecule has 0 saturated carbocycles. The molecule has 0 spiro atoms. The Labute approximate surface area is 88.2 Å². The van der Waals surface area contributed by atoms with Gasteiger partial charge in [0.2, 0.25) is 0 Å². The molecule has 80 valence electrons. The van der Waals surface area contributed by atoms with Crippen LogP contribution in [0.25, 0.3) is 0 Å². The van der Waals surface area contributed by atoms with Crippen molar-refractivity contribution in [1.29, 1.82) is 0 Å². The molecule has 0 radical (unpaired) electrons. The third-order valence-electron chi connectivity index (χ3n) is 2.24. The van der Waals surface area contributed by atoms with Crippen LogP contribution in [0.1, 0.15) is 52.9 Å². The van der Waals surface area contributed by atoms with Gasteiger partial charge in [-0.25, -0.2) is 0 Å². The Kier molecular flexibility index (Phi) is 8.37. The monoisotopic (exact) mass is 194 g/mol. The number of hydrogen-bond donors (Lipinski definition) is 1. The largest absolute Gasteiger partial charge is 0.389 e. The molecule has 0 aromatic rings. The fourth-order valence-corrected chi connectivity index (χ4v) is 1.18. The molecule has 0 saturated heterocycles. The standard InChI is InChI=1S/C13H22O/c1-4-7-8-9-10-11-12(5-2)13(14)6-3/h11,13-14H,4-8H2,1-3H3/b12-11-. The van der Waals surface area contributed by atoms with Crippen LogP contribution in [-0.4, -0.2) is 11.2 Å². The van der Waals surface area contributed by atoms with Crippen LogP contribution in [0.3, 0.4) is 0 Å². The minimum Gasteiger partial charge on any atom is -0.389 e. The lowest BCUT2D eigenvalue weighted by Gasteiger charge is -2.08. The molecular formula is C13H22O. The van der Waals surface area contributed by atoms with Gasteiger partial charge in [-0.05, 0) is 30.9 Å². The molecule has 1 heteroatoms. The number of unbranched alkanes of at least 4 members (excludes halogenated alkanes) is 2. The van der Waals surface area contributed by atoms with E-state index in [1.54, 1.807) is 0 Å². The predicted molar refractivity (Wildman–Crippen MR) is 62.0 cm³/mol. The molecule has 0 aliphatic rings. The minimum atomic E-state index is -0.305. The summed E-state index contributed by atoms with van der Waals surface area (Å²) in [6.07, 6.45) is 6.56. The number of aliphatic hydroxyl groups is 1. The molecule has 0 aromatic carbocycles. The Morgan fingerprint density at radius 1 is 1.36 bits per heavy atom. The molecule has 14 heavy (non-hydrogen) atoms. The van der Waals surface area contributed by atoms with E-state index in [0.717, 1.165) is 24.8 Å². The highest BCUT2D eigenvalue weighted by atomic mass is 16.3. The van der Waals surface area contributed by atoms with Gasteiger partial charge in [-0.3, -0.25) is 0 Å². The van der Waals surface area contributed by atoms with Gasteiger partial charge in [0.15, 0.2) is 0 Å². The van der Waals surface area contributed by atoms with E-state index in [1.165, 1.54) is 12.8 Å². The zero-order chi connectivity index (χ0) is 10.8. The minimum absolute atomic E-state index is 0.305. The van der Waals surface area contributed by atoms with Crippen molar-refractivity contribution in [2.45, 2.75) is 59.0 Å². The van der Waals surface area contributed by atoms with Crippen molar-refractivity contribution in [3.63, 3.8) is 0 Å². The Morgan fingerprint density at radius 3 is 2.57 bits per heavy atom. The highest BCUT2D eigenvalue weighted by Crippen LogP contribution is 2.09. The van der Waals surface area contributed by atoms with Crippen LogP contribution in [-0.2, 0) is 0 Å². The summed E-state index contributed by atoms with van der Waals surface area (Å²) in [5.41, 5.74) is 1.05. The Morgan fingerprint density at radius 2 is 2.07 bits per heavy atom. The summed E-state index contributed by atoms with van der Waals surface area (Å²) < 4.78 is 0. The van der Waals surface area contributed by atoms with Crippen LogP contribution in [0, 0.1) is 11.8 Å². The average Bonchev–Trinajstić information content (AvgIpc) is 2.22. The highest BCUT2D eigenvalue weighted by molar-refractivity contribution is 5.23. The molecule has 0 bridgehead atoms. The van der Waals surface area contributed by atoms with E-state index >= 15 is 0 Å². The molecule has 1 nitrogen and oxygen atoms in total. The predicted octanol–water partition coefficient (Wildman–Crippen LogP) is 3.29. The SMILES string of the molecule is CCCCC#C/C=C(/CC)C(O)CC. The fourth-order valence-electron chi connectivity index (χ4n) is 1.18. The number of allylic oxidation sites excluding steroid dienone is 1. The van der Waals surface area contributed by atoms with Gasteiger partial charge in [-0.2, -0.15) is 0 Å². The smallest absolute Gasteiger partial charge is 0.0756 e. The molecule has 0 aromatic heterocycles. The Balaban J connectivity index is 4.07. The van der Waals surface area contributed by atoms with Gasteiger partial charge in [0.05, 0.1) is 6.10 Å². The fraction of sp³-hybridized carbons (Fsp3) is 0.692. The number of hydrogen-bond acceptors (Lipinski definition) is 1. The number of rotatable bonds is 5. The van der Waals surface area contributed by atoms with Crippen molar-refractivity contribution < 1.29 is 5.11 Å². The zero-order valence-electron chi connectivity index (χ0n) is 9.64. The van der Waals surface area contributed by atoms with Gasteiger partial charge in [0, 0.05) is 6.42 Å². The van der Waals surface area contributed by atoms with Crippen molar-refractivity contribution in [2.24, 2.45) is 0 Å². The summed E-state index contributed by atoms with van der Waals surface area (Å²) in [6.45, 7) is 6.20. The Bertz CT molecular complexity index is 217. The maximum atomic E-state index is 9.58. The van der Waals surface area contributed by atoms with Crippen LogP contribution in [0.5, 0.6) is 0 Å². The van der Waals surface area contributed by atoms with E-state index in [-0.39, 0.29) is 6.10 Å². The summed E-state index contributed by atoms with van der Waals surface area (Å²) in [7, 11) is 0. The molecular weight excluding hydrogens is 172 g/mol. The lowest BCUT2D eigenvalue weighted by molar-refractivity contribution is 0.203. The van der Waals surface area contributed by atoms with Crippen LogP contribution in [0.15, 0.2) is 11.6 Å². The average molecular weight is 194 g/mol. The molecule has 0 heterocycles. The van der Waals surface area contributed by atoms with Gasteiger partial charge >= 0.3 is 0 Å². The first-order valence-corrected chi connectivity index (χ1v) is 5.61. The second-order valence-electron chi connectivity index (χ2n) is 3.42. The summed E-state index contributed by atoms with van der Waals surface area (Å²) in [5.74, 6) is 6.11. The summed E-state index contributed by atoms with van der Waals surface area (Å²) in [4.78, 5) is 0. The number of aliphatic hydroxyl groups excluding tert-OH is 1. The summed E-state index contributed by atoms with van der Waals surface area (Å²) in [6, 6.07) is 0. The molecule has 0 aliphatic carbocycles. The first-order chi connectivity index (χ1) is 6.76. The quantitative estimate of drug-likeness (QED) is 0.526. The van der Waals surface area contributed by atoms with Gasteiger partial charge in [-0.1, -0.05) is 39.0 Å². The molecule has 0 amide bonds. The molecule has 0 fully saturated rings. The van der Waals surface area contributed by atoms with Crippen LogP contribution < -0.4 is 0 Å². The maximum Gasteiger partial charge on any atom is 0.0756 e. The topological polar surface area (TPSA) is 20.2 Å². The summed E-state index contributed by atoms with van der Waals surface area (Å²) in [5, 5.41) is 9.58. The maximum absolute atomic E-state index is 9.58. The Hall–Kier alpha value is -0.740. The van der Waals surface area contributed by atoms with Crippen LogP contribution in [0.2, 0.25) is 0 Å². The van der Waals surface area contributed by atoms with Crippen molar-refractivity contribution in [3.8, 4) is 11.8 Å². The normalized spacial score (nSPS) is 13.3. The second kappa shape index (κ2) is 8.84. The van der Waals surface area contributed by atoms with E-state index in [4.69, 9.17) is 0 Å². The third-order valence-corrected chi connectivity index (χ3v) is 2.24. The molecule has 0 aliphatic heterocycles. The summed E-state index contributed by atoms with van der Waals surface area (Å²) >= 11 is 0. The van der Waals surface area contributed by atoms with Gasteiger partial charge in [0.25, 0.3) is 0 Å². The van der Waals surface area contributed by atoms with E-state index in [9.17, 15) is 5.11 Å². The van der Waals surface area contributed by atoms with Crippen molar-refractivity contribution in [2.75, 3.05) is 0 Å². The molecule has 1 unspecified atom stereocenters. The lowest BCUT2D eigenvalue weighted by atomic mass is 10.1. The van der Waals surface area contributed by atoms with Crippen molar-refractivity contribution >= 4 is 0 Å². The molecule has 1 N–H and O–H groups in total.